The Morgan fingerprint density at radius 2 is 2.00 bits per heavy atom. The van der Waals surface area contributed by atoms with Crippen molar-refractivity contribution in [1.82, 2.24) is 10.0 Å². The highest BCUT2D eigenvalue weighted by Gasteiger charge is 2.18. The second-order valence-electron chi connectivity index (χ2n) is 4.32. The van der Waals surface area contributed by atoms with Crippen molar-refractivity contribution in [2.45, 2.75) is 38.3 Å². The van der Waals surface area contributed by atoms with Crippen LogP contribution in [0.2, 0.25) is 0 Å². The lowest BCUT2D eigenvalue weighted by Crippen LogP contribution is -2.30. The second kappa shape index (κ2) is 6.65. The van der Waals surface area contributed by atoms with Gasteiger partial charge in [-0.15, -0.1) is 0 Å². The van der Waals surface area contributed by atoms with Gasteiger partial charge in [0.2, 0.25) is 10.0 Å². The molecule has 2 N–H and O–H groups in total. The molecule has 6 heteroatoms. The van der Waals surface area contributed by atoms with Crippen molar-refractivity contribution in [1.29, 1.82) is 0 Å². The molecule has 0 fully saturated rings. The molecule has 0 aliphatic rings. The minimum Gasteiger partial charge on any atom is -0.313 e. The zero-order valence-corrected chi connectivity index (χ0v) is 13.2. The maximum atomic E-state index is 12.0. The van der Waals surface area contributed by atoms with E-state index in [0.717, 1.165) is 18.7 Å². The van der Waals surface area contributed by atoms with E-state index < -0.39 is 10.0 Å². The maximum Gasteiger partial charge on any atom is 0.241 e. The van der Waals surface area contributed by atoms with Crippen LogP contribution in [0, 0.1) is 0 Å². The minimum atomic E-state index is -3.44. The van der Waals surface area contributed by atoms with Gasteiger partial charge in [-0.1, -0.05) is 13.0 Å². The van der Waals surface area contributed by atoms with Crippen LogP contribution in [0.25, 0.3) is 0 Å². The Balaban J connectivity index is 2.98. The first-order chi connectivity index (χ1) is 8.36. The standard InChI is InChI=1S/C12H19BrN2O2S/c1-4-14-8-10-5-6-12(11(13)7-10)18(16,17)15-9(2)3/h5-7,9,14-15H,4,8H2,1-3H3. The molecule has 0 atom stereocenters. The lowest BCUT2D eigenvalue weighted by Gasteiger charge is -2.12. The highest BCUT2D eigenvalue weighted by Crippen LogP contribution is 2.23. The Hall–Kier alpha value is -0.430. The van der Waals surface area contributed by atoms with Crippen molar-refractivity contribution in [3.05, 3.63) is 28.2 Å². The molecule has 0 unspecified atom stereocenters. The Morgan fingerprint density at radius 3 is 2.50 bits per heavy atom. The van der Waals surface area contributed by atoms with E-state index in [2.05, 4.69) is 26.0 Å². The first-order valence-electron chi connectivity index (χ1n) is 5.88. The number of benzene rings is 1. The highest BCUT2D eigenvalue weighted by molar-refractivity contribution is 9.10. The van der Waals surface area contributed by atoms with Gasteiger partial charge in [0.25, 0.3) is 0 Å². The van der Waals surface area contributed by atoms with Crippen LogP contribution in [0.15, 0.2) is 27.6 Å². The fraction of sp³-hybridized carbons (Fsp3) is 0.500. The molecule has 102 valence electrons. The van der Waals surface area contributed by atoms with Crippen LogP contribution in [0.4, 0.5) is 0 Å². The van der Waals surface area contributed by atoms with Crippen LogP contribution in [-0.4, -0.2) is 21.0 Å². The number of rotatable bonds is 6. The van der Waals surface area contributed by atoms with E-state index in [-0.39, 0.29) is 10.9 Å². The normalized spacial score (nSPS) is 12.1. The van der Waals surface area contributed by atoms with Crippen LogP contribution in [-0.2, 0) is 16.6 Å². The predicted octanol–water partition coefficient (Wildman–Crippen LogP) is 2.25. The van der Waals surface area contributed by atoms with Gasteiger partial charge in [0.1, 0.15) is 0 Å². The summed E-state index contributed by atoms with van der Waals surface area (Å²) in [7, 11) is -3.44. The monoisotopic (exact) mass is 334 g/mol. The van der Waals surface area contributed by atoms with E-state index in [1.165, 1.54) is 0 Å². The van der Waals surface area contributed by atoms with E-state index in [1.807, 2.05) is 19.1 Å². The van der Waals surface area contributed by atoms with Gasteiger partial charge in [-0.25, -0.2) is 13.1 Å². The summed E-state index contributed by atoms with van der Waals surface area (Å²) < 4.78 is 27.2. The van der Waals surface area contributed by atoms with Gasteiger partial charge >= 0.3 is 0 Å². The molecule has 0 bridgehead atoms. The van der Waals surface area contributed by atoms with Gasteiger partial charge in [0.05, 0.1) is 4.90 Å². The molecule has 0 radical (unpaired) electrons. The number of nitrogens with one attached hydrogen (secondary N) is 2. The molecule has 0 saturated heterocycles. The van der Waals surface area contributed by atoms with Crippen molar-refractivity contribution >= 4 is 26.0 Å². The Kier molecular flexibility index (Phi) is 5.78. The first kappa shape index (κ1) is 15.6. The van der Waals surface area contributed by atoms with Crippen molar-refractivity contribution in [2.75, 3.05) is 6.54 Å². The Labute approximate surface area is 117 Å². The Bertz CT molecular complexity index is 501. The fourth-order valence-corrected chi connectivity index (χ4v) is 3.89. The quantitative estimate of drug-likeness (QED) is 0.838. The zero-order valence-electron chi connectivity index (χ0n) is 10.8. The summed E-state index contributed by atoms with van der Waals surface area (Å²) in [6, 6.07) is 5.16. The maximum absolute atomic E-state index is 12.0. The first-order valence-corrected chi connectivity index (χ1v) is 8.16. The molecule has 0 amide bonds. The van der Waals surface area contributed by atoms with Gasteiger partial charge < -0.3 is 5.32 Å². The van der Waals surface area contributed by atoms with E-state index in [0.29, 0.717) is 4.47 Å². The summed E-state index contributed by atoms with van der Waals surface area (Å²) in [5, 5.41) is 3.20. The van der Waals surface area contributed by atoms with Gasteiger partial charge in [0.15, 0.2) is 0 Å². The summed E-state index contributed by atoms with van der Waals surface area (Å²) in [5.41, 5.74) is 1.05. The molecule has 18 heavy (non-hydrogen) atoms. The molecular formula is C12H19BrN2O2S. The minimum absolute atomic E-state index is 0.122. The van der Waals surface area contributed by atoms with Crippen LogP contribution in [0.5, 0.6) is 0 Å². The van der Waals surface area contributed by atoms with Gasteiger partial charge in [0, 0.05) is 17.1 Å². The van der Waals surface area contributed by atoms with Crippen LogP contribution < -0.4 is 10.0 Å². The number of hydrogen-bond donors (Lipinski definition) is 2. The Morgan fingerprint density at radius 1 is 1.33 bits per heavy atom. The molecule has 0 aliphatic heterocycles. The third kappa shape index (κ3) is 4.35. The largest absolute Gasteiger partial charge is 0.313 e. The summed E-state index contributed by atoms with van der Waals surface area (Å²) in [6.45, 7) is 7.23. The topological polar surface area (TPSA) is 58.2 Å². The molecule has 0 spiro atoms. The highest BCUT2D eigenvalue weighted by atomic mass is 79.9. The predicted molar refractivity (Wildman–Crippen MR) is 77.0 cm³/mol. The number of halogens is 1. The van der Waals surface area contributed by atoms with Crippen molar-refractivity contribution in [3.8, 4) is 0 Å². The molecular weight excluding hydrogens is 316 g/mol. The molecule has 0 saturated carbocycles. The SMILES string of the molecule is CCNCc1ccc(S(=O)(=O)NC(C)C)c(Br)c1. The van der Waals surface area contributed by atoms with Gasteiger partial charge in [-0.05, 0) is 54.0 Å². The van der Waals surface area contributed by atoms with Gasteiger partial charge in [-0.3, -0.25) is 0 Å². The zero-order chi connectivity index (χ0) is 13.8. The third-order valence-electron chi connectivity index (χ3n) is 2.26. The van der Waals surface area contributed by atoms with Gasteiger partial charge in [-0.2, -0.15) is 0 Å². The molecule has 0 aliphatic carbocycles. The third-order valence-corrected chi connectivity index (χ3v) is 4.89. The van der Waals surface area contributed by atoms with Crippen LogP contribution in [0.1, 0.15) is 26.3 Å². The lowest BCUT2D eigenvalue weighted by molar-refractivity contribution is 0.569. The summed E-state index contributed by atoms with van der Waals surface area (Å²) in [6.07, 6.45) is 0. The summed E-state index contributed by atoms with van der Waals surface area (Å²) in [4.78, 5) is 0.274. The molecule has 0 heterocycles. The average Bonchev–Trinajstić information content (AvgIpc) is 2.24. The number of hydrogen-bond acceptors (Lipinski definition) is 3. The number of sulfonamides is 1. The van der Waals surface area contributed by atoms with Crippen molar-refractivity contribution in [3.63, 3.8) is 0 Å². The van der Waals surface area contributed by atoms with Crippen LogP contribution in [0.3, 0.4) is 0 Å². The summed E-state index contributed by atoms with van der Waals surface area (Å²) >= 11 is 3.32. The molecule has 1 rings (SSSR count). The fourth-order valence-electron chi connectivity index (χ4n) is 1.52. The summed E-state index contributed by atoms with van der Waals surface area (Å²) in [5.74, 6) is 0. The molecule has 0 aromatic heterocycles. The molecule has 1 aromatic rings. The van der Waals surface area contributed by atoms with Crippen molar-refractivity contribution in [2.24, 2.45) is 0 Å². The van der Waals surface area contributed by atoms with E-state index in [1.54, 1.807) is 19.9 Å². The van der Waals surface area contributed by atoms with Crippen molar-refractivity contribution < 1.29 is 8.42 Å². The lowest BCUT2D eigenvalue weighted by atomic mass is 10.2. The second-order valence-corrected chi connectivity index (χ2v) is 6.86. The molecule has 4 nitrogen and oxygen atoms in total. The van der Waals surface area contributed by atoms with Crippen LogP contribution >= 0.6 is 15.9 Å². The smallest absolute Gasteiger partial charge is 0.241 e. The van der Waals surface area contributed by atoms with E-state index in [9.17, 15) is 8.42 Å². The van der Waals surface area contributed by atoms with E-state index in [4.69, 9.17) is 0 Å². The van der Waals surface area contributed by atoms with E-state index >= 15 is 0 Å². The molecule has 1 aromatic carbocycles. The average molecular weight is 335 g/mol.